The van der Waals surface area contributed by atoms with Crippen molar-refractivity contribution in [2.75, 3.05) is 6.26 Å². The van der Waals surface area contributed by atoms with Gasteiger partial charge in [0.15, 0.2) is 0 Å². The van der Waals surface area contributed by atoms with Crippen LogP contribution in [-0.4, -0.2) is 30.9 Å². The number of benzene rings is 1. The molecule has 0 aromatic heterocycles. The molecule has 0 aliphatic carbocycles. The Kier molecular flexibility index (Phi) is 4.02. The fraction of sp³-hybridized carbons (Fsp3) is 0.500. The Morgan fingerprint density at radius 3 is 2.20 bits per heavy atom. The third-order valence-corrected chi connectivity index (χ3v) is 4.82. The van der Waals surface area contributed by atoms with Gasteiger partial charge in [0.1, 0.15) is 12.1 Å². The highest BCUT2D eigenvalue weighted by molar-refractivity contribution is 7.98. The highest BCUT2D eigenvalue weighted by Gasteiger charge is 2.53. The standard InChI is InChI=1S/C14H18BFO3S/c1-13(2)14(3,4)19-15(18-13)11-9(8-17)6-7-10(16)12(11)20-5/h6-8H,1-5H3. The topological polar surface area (TPSA) is 35.5 Å². The fourth-order valence-corrected chi connectivity index (χ4v) is 2.80. The predicted octanol–water partition coefficient (Wildman–Crippen LogP) is 2.66. The molecular weight excluding hydrogens is 278 g/mol. The normalized spacial score (nSPS) is 20.2. The molecule has 0 unspecified atom stereocenters. The van der Waals surface area contributed by atoms with Crippen molar-refractivity contribution in [1.82, 2.24) is 0 Å². The Hall–Kier alpha value is -0.845. The summed E-state index contributed by atoms with van der Waals surface area (Å²) in [7, 11) is -0.738. The van der Waals surface area contributed by atoms with E-state index < -0.39 is 18.3 Å². The van der Waals surface area contributed by atoms with Crippen molar-refractivity contribution in [2.45, 2.75) is 43.8 Å². The van der Waals surface area contributed by atoms with Crippen LogP contribution in [0.3, 0.4) is 0 Å². The molecule has 0 saturated carbocycles. The molecule has 1 aliphatic rings. The van der Waals surface area contributed by atoms with Crippen molar-refractivity contribution < 1.29 is 18.5 Å². The Morgan fingerprint density at radius 1 is 1.20 bits per heavy atom. The first-order chi connectivity index (χ1) is 9.23. The maximum atomic E-state index is 14.0. The third-order valence-electron chi connectivity index (χ3n) is 4.00. The molecule has 1 aliphatic heterocycles. The Bertz CT molecular complexity index is 529. The lowest BCUT2D eigenvalue weighted by molar-refractivity contribution is 0.00578. The van der Waals surface area contributed by atoms with E-state index in [4.69, 9.17) is 9.31 Å². The van der Waals surface area contributed by atoms with Crippen molar-refractivity contribution in [1.29, 1.82) is 0 Å². The fourth-order valence-electron chi connectivity index (χ4n) is 2.10. The summed E-state index contributed by atoms with van der Waals surface area (Å²) in [4.78, 5) is 11.6. The predicted molar refractivity (Wildman–Crippen MR) is 79.3 cm³/mol. The molecule has 1 fully saturated rings. The van der Waals surface area contributed by atoms with Crippen LogP contribution in [0.4, 0.5) is 4.39 Å². The Labute approximate surface area is 123 Å². The zero-order valence-electron chi connectivity index (χ0n) is 12.3. The van der Waals surface area contributed by atoms with E-state index in [0.717, 1.165) is 0 Å². The van der Waals surface area contributed by atoms with Gasteiger partial charge in [-0.05, 0) is 46.1 Å². The summed E-state index contributed by atoms with van der Waals surface area (Å²) in [5, 5.41) is 0. The van der Waals surface area contributed by atoms with Crippen LogP contribution in [-0.2, 0) is 9.31 Å². The lowest BCUT2D eigenvalue weighted by atomic mass is 9.76. The van der Waals surface area contributed by atoms with Gasteiger partial charge in [-0.15, -0.1) is 11.8 Å². The molecular formula is C14H18BFO3S. The molecule has 1 saturated heterocycles. The first kappa shape index (κ1) is 15.5. The number of hydrogen-bond acceptors (Lipinski definition) is 4. The molecule has 1 aromatic rings. The van der Waals surface area contributed by atoms with Gasteiger partial charge >= 0.3 is 7.12 Å². The molecule has 0 bridgehead atoms. The Balaban J connectivity index is 2.54. The van der Waals surface area contributed by atoms with Crippen molar-refractivity contribution in [3.8, 4) is 0 Å². The van der Waals surface area contributed by atoms with Crippen LogP contribution in [0.1, 0.15) is 38.1 Å². The van der Waals surface area contributed by atoms with Gasteiger partial charge in [-0.3, -0.25) is 4.79 Å². The number of halogens is 1. The number of rotatable bonds is 3. The molecule has 0 atom stereocenters. The van der Waals surface area contributed by atoms with Gasteiger partial charge in [-0.25, -0.2) is 4.39 Å². The largest absolute Gasteiger partial charge is 0.496 e. The van der Waals surface area contributed by atoms with Gasteiger partial charge in [-0.2, -0.15) is 0 Å². The van der Waals surface area contributed by atoms with Crippen LogP contribution < -0.4 is 5.46 Å². The van der Waals surface area contributed by atoms with Crippen molar-refractivity contribution in [3.05, 3.63) is 23.5 Å². The molecule has 20 heavy (non-hydrogen) atoms. The van der Waals surface area contributed by atoms with Crippen LogP contribution in [0.2, 0.25) is 0 Å². The molecule has 0 radical (unpaired) electrons. The van der Waals surface area contributed by atoms with Gasteiger partial charge in [0.05, 0.1) is 11.2 Å². The molecule has 2 rings (SSSR count). The second kappa shape index (κ2) is 5.17. The van der Waals surface area contributed by atoms with Crippen molar-refractivity contribution in [3.63, 3.8) is 0 Å². The summed E-state index contributed by atoms with van der Waals surface area (Å²) >= 11 is 1.24. The van der Waals surface area contributed by atoms with Gasteiger partial charge in [0.25, 0.3) is 0 Å². The molecule has 0 spiro atoms. The maximum Gasteiger partial charge on any atom is 0.496 e. The average Bonchev–Trinajstić information content (AvgIpc) is 2.57. The zero-order valence-corrected chi connectivity index (χ0v) is 13.1. The highest BCUT2D eigenvalue weighted by atomic mass is 32.2. The highest BCUT2D eigenvalue weighted by Crippen LogP contribution is 2.37. The minimum atomic E-state index is -0.738. The summed E-state index contributed by atoms with van der Waals surface area (Å²) < 4.78 is 25.8. The van der Waals surface area contributed by atoms with Gasteiger partial charge < -0.3 is 9.31 Å². The molecule has 6 heteroatoms. The summed E-state index contributed by atoms with van der Waals surface area (Å²) in [5.74, 6) is -0.368. The van der Waals surface area contributed by atoms with Crippen LogP contribution in [0.5, 0.6) is 0 Å². The lowest BCUT2D eigenvalue weighted by Crippen LogP contribution is -2.41. The minimum absolute atomic E-state index is 0.368. The van der Waals surface area contributed by atoms with Gasteiger partial charge in [0.2, 0.25) is 0 Å². The van der Waals surface area contributed by atoms with Gasteiger partial charge in [0, 0.05) is 15.9 Å². The van der Waals surface area contributed by atoms with E-state index >= 15 is 0 Å². The summed E-state index contributed by atoms with van der Waals surface area (Å²) in [6.45, 7) is 7.69. The van der Waals surface area contributed by atoms with E-state index in [1.54, 1.807) is 6.26 Å². The Morgan fingerprint density at radius 2 is 1.75 bits per heavy atom. The van der Waals surface area contributed by atoms with Crippen molar-refractivity contribution >= 4 is 30.6 Å². The second-order valence-corrected chi connectivity index (χ2v) is 6.61. The van der Waals surface area contributed by atoms with Gasteiger partial charge in [-0.1, -0.05) is 0 Å². The second-order valence-electron chi connectivity index (χ2n) is 5.79. The molecule has 0 amide bonds. The number of hydrogen-bond donors (Lipinski definition) is 0. The van der Waals surface area contributed by atoms with E-state index in [9.17, 15) is 9.18 Å². The average molecular weight is 296 g/mol. The van der Waals surface area contributed by atoms with E-state index in [2.05, 4.69) is 0 Å². The molecule has 0 N–H and O–H groups in total. The molecule has 108 valence electrons. The van der Waals surface area contributed by atoms with E-state index in [0.29, 0.717) is 22.2 Å². The molecule has 1 aromatic carbocycles. The first-order valence-electron chi connectivity index (χ1n) is 6.40. The monoisotopic (exact) mass is 296 g/mol. The van der Waals surface area contributed by atoms with Crippen molar-refractivity contribution in [2.24, 2.45) is 0 Å². The SMILES string of the molecule is CSc1c(F)ccc(C=O)c1B1OC(C)(C)C(C)(C)O1. The van der Waals surface area contributed by atoms with Crippen LogP contribution in [0, 0.1) is 5.82 Å². The number of aldehydes is 1. The van der Waals surface area contributed by atoms with Crippen LogP contribution in [0.15, 0.2) is 17.0 Å². The van der Waals surface area contributed by atoms with E-state index in [-0.39, 0.29) is 5.82 Å². The van der Waals surface area contributed by atoms with Crippen LogP contribution in [0.25, 0.3) is 0 Å². The smallest absolute Gasteiger partial charge is 0.399 e. The first-order valence-corrected chi connectivity index (χ1v) is 7.63. The summed E-state index contributed by atoms with van der Waals surface area (Å²) in [5.41, 5.74) is -0.181. The van der Waals surface area contributed by atoms with Crippen LogP contribution >= 0.6 is 11.8 Å². The number of carbonyl (C=O) groups is 1. The van der Waals surface area contributed by atoms with E-state index in [1.807, 2.05) is 27.7 Å². The zero-order chi connectivity index (χ0) is 15.1. The van der Waals surface area contributed by atoms with E-state index in [1.165, 1.54) is 23.9 Å². The quantitative estimate of drug-likeness (QED) is 0.488. The maximum absolute atomic E-state index is 14.0. The molecule has 3 nitrogen and oxygen atoms in total. The summed E-state index contributed by atoms with van der Waals surface area (Å²) in [6.07, 6.45) is 2.47. The number of thioether (sulfide) groups is 1. The summed E-state index contributed by atoms with van der Waals surface area (Å²) in [6, 6.07) is 2.76. The molecule has 1 heterocycles. The lowest BCUT2D eigenvalue weighted by Gasteiger charge is -2.32. The third kappa shape index (κ3) is 2.40. The minimum Gasteiger partial charge on any atom is -0.399 e. The number of carbonyl (C=O) groups excluding carboxylic acids is 1.